The maximum Gasteiger partial charge on any atom is 0.319 e. The lowest BCUT2D eigenvalue weighted by Gasteiger charge is -2.35. The molecular weight excluding hydrogens is 348 g/mol. The van der Waals surface area contributed by atoms with Crippen molar-refractivity contribution in [2.45, 2.75) is 39.7 Å². The normalized spacial score (nSPS) is 15.9. The van der Waals surface area contributed by atoms with Crippen molar-refractivity contribution in [1.29, 1.82) is 0 Å². The summed E-state index contributed by atoms with van der Waals surface area (Å²) in [6, 6.07) is 6.02. The number of nitrogens with zero attached hydrogens (tertiary/aromatic N) is 3. The number of carbonyl (C=O) groups excluding carboxylic acids is 2. The maximum absolute atomic E-state index is 12.6. The van der Waals surface area contributed by atoms with Crippen molar-refractivity contribution in [3.63, 3.8) is 0 Å². The number of nitrogens with one attached hydrogen (secondary N) is 1. The summed E-state index contributed by atoms with van der Waals surface area (Å²) in [5, 5.41) is 13.9. The number of hydrogen-bond acceptors (Lipinski definition) is 4. The summed E-state index contributed by atoms with van der Waals surface area (Å²) >= 11 is 0. The number of hydrogen-bond donors (Lipinski definition) is 1. The van der Waals surface area contributed by atoms with Gasteiger partial charge in [-0.3, -0.25) is 14.9 Å². The topological polar surface area (TPSA) is 95.8 Å². The summed E-state index contributed by atoms with van der Waals surface area (Å²) in [5.41, 5.74) is 0.712. The van der Waals surface area contributed by atoms with Gasteiger partial charge in [0.25, 0.3) is 5.69 Å². The highest BCUT2D eigenvalue weighted by Gasteiger charge is 2.29. The predicted molar refractivity (Wildman–Crippen MR) is 102 cm³/mol. The number of urea groups is 1. The van der Waals surface area contributed by atoms with Gasteiger partial charge in [-0.15, -0.1) is 0 Å². The van der Waals surface area contributed by atoms with Crippen LogP contribution in [0.4, 0.5) is 10.5 Å². The molecule has 0 radical (unpaired) electrons. The molecule has 2 rings (SSSR count). The largest absolute Gasteiger partial charge is 0.349 e. The smallest absolute Gasteiger partial charge is 0.319 e. The first-order valence-corrected chi connectivity index (χ1v) is 9.45. The van der Waals surface area contributed by atoms with Crippen LogP contribution in [0.1, 0.15) is 45.2 Å². The molecule has 0 bridgehead atoms. The Labute approximate surface area is 159 Å². The molecule has 1 aliphatic heterocycles. The molecule has 8 nitrogen and oxygen atoms in total. The molecule has 1 heterocycles. The third-order valence-corrected chi connectivity index (χ3v) is 5.11. The van der Waals surface area contributed by atoms with Crippen LogP contribution in [0.15, 0.2) is 24.3 Å². The monoisotopic (exact) mass is 376 g/mol. The molecular formula is C19H28N4O4. The minimum absolute atomic E-state index is 0.0109. The number of rotatable bonds is 6. The summed E-state index contributed by atoms with van der Waals surface area (Å²) in [6.45, 7) is 8.22. The lowest BCUT2D eigenvalue weighted by Crippen LogP contribution is -2.48. The summed E-state index contributed by atoms with van der Waals surface area (Å²) in [4.78, 5) is 39.0. The fourth-order valence-corrected chi connectivity index (χ4v) is 3.35. The molecule has 1 N–H and O–H groups in total. The maximum atomic E-state index is 12.6. The molecule has 1 aromatic rings. The molecule has 27 heavy (non-hydrogen) atoms. The van der Waals surface area contributed by atoms with Gasteiger partial charge in [0.1, 0.15) is 0 Å². The lowest BCUT2D eigenvalue weighted by molar-refractivity contribution is -0.384. The van der Waals surface area contributed by atoms with Crippen molar-refractivity contribution < 1.29 is 14.5 Å². The molecule has 8 heteroatoms. The average Bonchev–Trinajstić information content (AvgIpc) is 2.68. The third kappa shape index (κ3) is 5.18. The van der Waals surface area contributed by atoms with Crippen molar-refractivity contribution >= 4 is 17.6 Å². The molecule has 3 amide bonds. The summed E-state index contributed by atoms with van der Waals surface area (Å²) in [5.74, 6) is -0.212. The Morgan fingerprint density at radius 3 is 2.48 bits per heavy atom. The van der Waals surface area contributed by atoms with E-state index in [2.05, 4.69) is 5.32 Å². The van der Waals surface area contributed by atoms with Crippen molar-refractivity contribution in [2.24, 2.45) is 5.92 Å². The highest BCUT2D eigenvalue weighted by atomic mass is 16.6. The van der Waals surface area contributed by atoms with Crippen molar-refractivity contribution in [3.8, 4) is 0 Å². The SMILES string of the molecule is CCN(CC)C(=O)N1CCC(C(=O)NC(C)c2cccc([N+](=O)[O-])c2)CC1. The molecule has 1 unspecified atom stereocenters. The Hall–Kier alpha value is -2.64. The number of amides is 3. The predicted octanol–water partition coefficient (Wildman–Crippen LogP) is 2.95. The molecule has 1 fully saturated rings. The van der Waals surface area contributed by atoms with Gasteiger partial charge < -0.3 is 15.1 Å². The highest BCUT2D eigenvalue weighted by Crippen LogP contribution is 2.22. The van der Waals surface area contributed by atoms with Crippen LogP contribution in [0.2, 0.25) is 0 Å². The fourth-order valence-electron chi connectivity index (χ4n) is 3.35. The van der Waals surface area contributed by atoms with Gasteiger partial charge in [0.05, 0.1) is 11.0 Å². The third-order valence-electron chi connectivity index (χ3n) is 5.11. The van der Waals surface area contributed by atoms with Crippen LogP contribution in [0.5, 0.6) is 0 Å². The minimum atomic E-state index is -0.444. The first-order chi connectivity index (χ1) is 12.9. The Kier molecular flexibility index (Phi) is 7.15. The zero-order valence-electron chi connectivity index (χ0n) is 16.2. The Bertz CT molecular complexity index is 682. The van der Waals surface area contributed by atoms with E-state index in [1.807, 2.05) is 20.8 Å². The van der Waals surface area contributed by atoms with Crippen LogP contribution in [0.25, 0.3) is 0 Å². The second-order valence-corrected chi connectivity index (χ2v) is 6.80. The van der Waals surface area contributed by atoms with Crippen LogP contribution >= 0.6 is 0 Å². The van der Waals surface area contributed by atoms with Gasteiger partial charge in [-0.2, -0.15) is 0 Å². The van der Waals surface area contributed by atoms with Gasteiger partial charge in [-0.05, 0) is 39.2 Å². The molecule has 1 atom stereocenters. The van der Waals surface area contributed by atoms with Crippen molar-refractivity contribution in [3.05, 3.63) is 39.9 Å². The van der Waals surface area contributed by atoms with E-state index in [1.54, 1.807) is 21.9 Å². The highest BCUT2D eigenvalue weighted by molar-refractivity contribution is 5.80. The molecule has 1 saturated heterocycles. The van der Waals surface area contributed by atoms with Gasteiger partial charge in [-0.25, -0.2) is 4.79 Å². The van der Waals surface area contributed by atoms with E-state index in [9.17, 15) is 19.7 Å². The summed E-state index contributed by atoms with van der Waals surface area (Å²) in [6.07, 6.45) is 1.25. The Morgan fingerprint density at radius 2 is 1.93 bits per heavy atom. The van der Waals surface area contributed by atoms with Crippen LogP contribution in [-0.4, -0.2) is 52.8 Å². The number of likely N-dealkylation sites (tertiary alicyclic amines) is 1. The molecule has 0 aromatic heterocycles. The number of benzene rings is 1. The van der Waals surface area contributed by atoms with Crippen molar-refractivity contribution in [1.82, 2.24) is 15.1 Å². The van der Waals surface area contributed by atoms with E-state index in [0.717, 1.165) is 0 Å². The standard InChI is InChI=1S/C19H28N4O4/c1-4-21(5-2)19(25)22-11-9-15(10-12-22)18(24)20-14(3)16-7-6-8-17(13-16)23(26)27/h6-8,13-15H,4-5,9-12H2,1-3H3,(H,20,24). The number of nitro groups is 1. The molecule has 1 aliphatic rings. The van der Waals surface area contributed by atoms with Gasteiger partial charge in [0.2, 0.25) is 5.91 Å². The number of non-ortho nitro benzene ring substituents is 1. The summed E-state index contributed by atoms with van der Waals surface area (Å²) in [7, 11) is 0. The second-order valence-electron chi connectivity index (χ2n) is 6.80. The Morgan fingerprint density at radius 1 is 1.30 bits per heavy atom. The van der Waals surface area contributed by atoms with Crippen LogP contribution < -0.4 is 5.32 Å². The van der Waals surface area contributed by atoms with Crippen molar-refractivity contribution in [2.75, 3.05) is 26.2 Å². The van der Waals surface area contributed by atoms with Crippen LogP contribution in [0.3, 0.4) is 0 Å². The first kappa shape index (κ1) is 20.7. The van der Waals surface area contributed by atoms with E-state index in [4.69, 9.17) is 0 Å². The quantitative estimate of drug-likeness (QED) is 0.610. The minimum Gasteiger partial charge on any atom is -0.349 e. The van der Waals surface area contributed by atoms with Gasteiger partial charge in [0, 0.05) is 44.2 Å². The molecule has 148 valence electrons. The molecule has 0 spiro atoms. The zero-order chi connectivity index (χ0) is 20.0. The lowest BCUT2D eigenvalue weighted by atomic mass is 9.95. The van der Waals surface area contributed by atoms with E-state index >= 15 is 0 Å². The molecule has 1 aromatic carbocycles. The number of carbonyl (C=O) groups is 2. The van der Waals surface area contributed by atoms with Gasteiger partial charge >= 0.3 is 6.03 Å². The first-order valence-electron chi connectivity index (χ1n) is 9.45. The Balaban J connectivity index is 1.89. The molecule has 0 aliphatic carbocycles. The van der Waals surface area contributed by atoms with Gasteiger partial charge in [0.15, 0.2) is 0 Å². The van der Waals surface area contributed by atoms with E-state index in [0.29, 0.717) is 44.6 Å². The zero-order valence-corrected chi connectivity index (χ0v) is 16.2. The van der Waals surface area contributed by atoms with E-state index < -0.39 is 4.92 Å². The fraction of sp³-hybridized carbons (Fsp3) is 0.579. The van der Waals surface area contributed by atoms with Gasteiger partial charge in [-0.1, -0.05) is 12.1 Å². The second kappa shape index (κ2) is 9.34. The average molecular weight is 376 g/mol. The number of piperidine rings is 1. The number of nitro benzene ring substituents is 1. The van der Waals surface area contributed by atoms with E-state index in [1.165, 1.54) is 12.1 Å². The molecule has 0 saturated carbocycles. The summed E-state index contributed by atoms with van der Waals surface area (Å²) < 4.78 is 0. The van der Waals surface area contributed by atoms with Crippen LogP contribution in [0, 0.1) is 16.0 Å². The van der Waals surface area contributed by atoms with E-state index in [-0.39, 0.29) is 29.6 Å². The van der Waals surface area contributed by atoms with Crippen LogP contribution in [-0.2, 0) is 4.79 Å².